The number of methoxy groups -OCH3 is 1. The molecule has 0 bridgehead atoms. The number of nitrogens with zero attached hydrogens (tertiary/aromatic N) is 2. The highest BCUT2D eigenvalue weighted by Crippen LogP contribution is 2.36. The largest absolute Gasteiger partial charge is 0.376 e. The molecule has 1 fully saturated rings. The molecule has 0 saturated heterocycles. The number of anilines is 1. The lowest BCUT2D eigenvalue weighted by molar-refractivity contribution is -0.385. The molecular formula is C12H16BrN3O3. The van der Waals surface area contributed by atoms with Gasteiger partial charge in [-0.15, -0.1) is 0 Å². The van der Waals surface area contributed by atoms with Crippen molar-refractivity contribution in [2.45, 2.75) is 31.8 Å². The van der Waals surface area contributed by atoms with E-state index in [0.717, 1.165) is 12.8 Å². The van der Waals surface area contributed by atoms with E-state index in [9.17, 15) is 10.1 Å². The van der Waals surface area contributed by atoms with Gasteiger partial charge in [0.25, 0.3) is 5.69 Å². The molecular weight excluding hydrogens is 314 g/mol. The van der Waals surface area contributed by atoms with Gasteiger partial charge >= 0.3 is 0 Å². The molecule has 0 radical (unpaired) electrons. The molecule has 0 amide bonds. The van der Waals surface area contributed by atoms with Gasteiger partial charge in [-0.1, -0.05) is 0 Å². The molecule has 1 N–H and O–H groups in total. The summed E-state index contributed by atoms with van der Waals surface area (Å²) in [6, 6.07) is 0. The Bertz CT molecular complexity index is 498. The maximum Gasteiger partial charge on any atom is 0.291 e. The van der Waals surface area contributed by atoms with Gasteiger partial charge in [-0.2, -0.15) is 0 Å². The minimum Gasteiger partial charge on any atom is -0.376 e. The van der Waals surface area contributed by atoms with Crippen LogP contribution in [0.1, 0.15) is 24.8 Å². The normalized spacial score (nSPS) is 16.8. The molecule has 19 heavy (non-hydrogen) atoms. The smallest absolute Gasteiger partial charge is 0.291 e. The maximum absolute atomic E-state index is 10.8. The molecule has 1 heterocycles. The molecule has 0 aromatic carbocycles. The van der Waals surface area contributed by atoms with Crippen molar-refractivity contribution in [3.63, 3.8) is 0 Å². The molecule has 0 aliphatic heterocycles. The topological polar surface area (TPSA) is 77.3 Å². The van der Waals surface area contributed by atoms with Crippen molar-refractivity contribution in [1.82, 2.24) is 4.98 Å². The quantitative estimate of drug-likeness (QED) is 0.663. The Balaban J connectivity index is 2.13. The average Bonchev–Trinajstić information content (AvgIpc) is 2.33. The van der Waals surface area contributed by atoms with Crippen molar-refractivity contribution in [3.8, 4) is 0 Å². The van der Waals surface area contributed by atoms with Crippen LogP contribution < -0.4 is 5.32 Å². The number of aromatic nitrogens is 1. The Morgan fingerprint density at radius 3 is 2.79 bits per heavy atom. The van der Waals surface area contributed by atoms with E-state index in [0.29, 0.717) is 22.4 Å². The summed E-state index contributed by atoms with van der Waals surface area (Å²) in [6.45, 7) is 2.36. The lowest BCUT2D eigenvalue weighted by Gasteiger charge is -2.40. The maximum atomic E-state index is 10.8. The van der Waals surface area contributed by atoms with E-state index in [1.807, 2.05) is 0 Å². The average molecular weight is 330 g/mol. The predicted octanol–water partition coefficient (Wildman–Crippen LogP) is 3.04. The Morgan fingerprint density at radius 2 is 2.32 bits per heavy atom. The summed E-state index contributed by atoms with van der Waals surface area (Å²) in [4.78, 5) is 14.5. The molecule has 0 spiro atoms. The lowest BCUT2D eigenvalue weighted by atomic mass is 9.80. The van der Waals surface area contributed by atoms with Crippen molar-refractivity contribution >= 4 is 27.4 Å². The lowest BCUT2D eigenvalue weighted by Crippen LogP contribution is -2.45. The van der Waals surface area contributed by atoms with E-state index in [4.69, 9.17) is 4.74 Å². The highest BCUT2D eigenvalue weighted by atomic mass is 79.9. The number of rotatable bonds is 5. The molecule has 7 heteroatoms. The third kappa shape index (κ3) is 2.71. The first-order valence-corrected chi connectivity index (χ1v) is 6.87. The van der Waals surface area contributed by atoms with E-state index in [-0.39, 0.29) is 11.3 Å². The van der Waals surface area contributed by atoms with Crippen molar-refractivity contribution in [3.05, 3.63) is 26.3 Å². The summed E-state index contributed by atoms with van der Waals surface area (Å²) in [5.41, 5.74) is 0.474. The molecule has 1 saturated carbocycles. The fraction of sp³-hybridized carbons (Fsp3) is 0.583. The first kappa shape index (κ1) is 14.2. The second-order valence-electron chi connectivity index (χ2n) is 4.78. The van der Waals surface area contributed by atoms with Crippen LogP contribution in [-0.2, 0) is 4.74 Å². The van der Waals surface area contributed by atoms with E-state index in [1.165, 1.54) is 12.6 Å². The third-order valence-corrected chi connectivity index (χ3v) is 4.68. The zero-order valence-electron chi connectivity index (χ0n) is 10.9. The van der Waals surface area contributed by atoms with Gasteiger partial charge in [-0.25, -0.2) is 4.98 Å². The monoisotopic (exact) mass is 329 g/mol. The van der Waals surface area contributed by atoms with Crippen LogP contribution in [0.15, 0.2) is 10.7 Å². The molecule has 1 aliphatic carbocycles. The molecule has 0 atom stereocenters. The Hall–Kier alpha value is -1.21. The predicted molar refractivity (Wildman–Crippen MR) is 75.4 cm³/mol. The van der Waals surface area contributed by atoms with Gasteiger partial charge in [-0.05, 0) is 42.1 Å². The second-order valence-corrected chi connectivity index (χ2v) is 5.58. The van der Waals surface area contributed by atoms with Crippen LogP contribution >= 0.6 is 15.9 Å². The fourth-order valence-corrected chi connectivity index (χ4v) is 2.59. The minimum absolute atomic E-state index is 0.0162. The number of halogens is 1. The Kier molecular flexibility index (Phi) is 4.05. The van der Waals surface area contributed by atoms with Crippen molar-refractivity contribution in [2.24, 2.45) is 0 Å². The number of hydrogen-bond acceptors (Lipinski definition) is 5. The number of ether oxygens (including phenoxy) is 1. The van der Waals surface area contributed by atoms with E-state index in [2.05, 4.69) is 26.2 Å². The van der Waals surface area contributed by atoms with Crippen LogP contribution in [0.5, 0.6) is 0 Å². The zero-order valence-corrected chi connectivity index (χ0v) is 12.5. The number of nitro groups is 1. The summed E-state index contributed by atoms with van der Waals surface area (Å²) in [6.07, 6.45) is 4.51. The molecule has 6 nitrogen and oxygen atoms in total. The Labute approximate surface area is 119 Å². The minimum atomic E-state index is -0.431. The van der Waals surface area contributed by atoms with E-state index >= 15 is 0 Å². The summed E-state index contributed by atoms with van der Waals surface area (Å²) in [5, 5.41) is 14.0. The first-order chi connectivity index (χ1) is 8.99. The zero-order chi connectivity index (χ0) is 14.0. The molecule has 2 rings (SSSR count). The fourth-order valence-electron chi connectivity index (χ4n) is 2.15. The standard InChI is InChI=1S/C12H16BrN3O3/c1-8-9(16(17)18)6-14-11(10(8)13)15-7-12(19-2)4-3-5-12/h6H,3-5,7H2,1-2H3,(H,14,15). The number of hydrogen-bond donors (Lipinski definition) is 1. The first-order valence-electron chi connectivity index (χ1n) is 6.07. The summed E-state index contributed by atoms with van der Waals surface area (Å²) < 4.78 is 6.15. The summed E-state index contributed by atoms with van der Waals surface area (Å²) in [7, 11) is 1.71. The van der Waals surface area contributed by atoms with Gasteiger partial charge < -0.3 is 10.1 Å². The van der Waals surface area contributed by atoms with Crippen molar-refractivity contribution < 1.29 is 9.66 Å². The van der Waals surface area contributed by atoms with Gasteiger partial charge in [0.2, 0.25) is 0 Å². The van der Waals surface area contributed by atoms with Crippen LogP contribution in [-0.4, -0.2) is 29.2 Å². The Morgan fingerprint density at radius 1 is 1.63 bits per heavy atom. The van der Waals surface area contributed by atoms with Gasteiger partial charge in [0.15, 0.2) is 0 Å². The van der Waals surface area contributed by atoms with Crippen LogP contribution in [0.3, 0.4) is 0 Å². The van der Waals surface area contributed by atoms with Crippen LogP contribution in [0.4, 0.5) is 11.5 Å². The second kappa shape index (κ2) is 5.42. The van der Waals surface area contributed by atoms with Crippen LogP contribution in [0, 0.1) is 17.0 Å². The van der Waals surface area contributed by atoms with E-state index in [1.54, 1.807) is 14.0 Å². The molecule has 104 valence electrons. The number of nitrogens with one attached hydrogen (secondary N) is 1. The number of pyridine rings is 1. The molecule has 1 aliphatic rings. The summed E-state index contributed by atoms with van der Waals surface area (Å²) in [5.74, 6) is 0.617. The van der Waals surface area contributed by atoms with Gasteiger partial charge in [-0.3, -0.25) is 10.1 Å². The van der Waals surface area contributed by atoms with Crippen molar-refractivity contribution in [1.29, 1.82) is 0 Å². The molecule has 1 aromatic heterocycles. The van der Waals surface area contributed by atoms with Crippen LogP contribution in [0.2, 0.25) is 0 Å². The molecule has 1 aromatic rings. The van der Waals surface area contributed by atoms with Gasteiger partial charge in [0, 0.05) is 19.2 Å². The van der Waals surface area contributed by atoms with Crippen molar-refractivity contribution in [2.75, 3.05) is 19.0 Å². The summed E-state index contributed by atoms with van der Waals surface area (Å²) >= 11 is 3.36. The molecule has 0 unspecified atom stereocenters. The highest BCUT2D eigenvalue weighted by Gasteiger charge is 2.37. The van der Waals surface area contributed by atoms with Gasteiger partial charge in [0.05, 0.1) is 15.0 Å². The SMILES string of the molecule is COC1(CNc2ncc([N+](=O)[O-])c(C)c2Br)CCC1. The highest BCUT2D eigenvalue weighted by molar-refractivity contribution is 9.10. The van der Waals surface area contributed by atoms with E-state index < -0.39 is 4.92 Å². The third-order valence-electron chi connectivity index (χ3n) is 3.71. The van der Waals surface area contributed by atoms with Gasteiger partial charge in [0.1, 0.15) is 12.0 Å². The van der Waals surface area contributed by atoms with Crippen LogP contribution in [0.25, 0.3) is 0 Å².